The number of hydrogen-bond donors (Lipinski definition) is 1. The second-order valence-corrected chi connectivity index (χ2v) is 4.67. The van der Waals surface area contributed by atoms with Crippen molar-refractivity contribution in [3.05, 3.63) is 58.0 Å². The van der Waals surface area contributed by atoms with Gasteiger partial charge in [-0.2, -0.15) is 5.26 Å². The first kappa shape index (κ1) is 14.2. The van der Waals surface area contributed by atoms with Crippen LogP contribution in [0.2, 0.25) is 10.0 Å². The Bertz CT molecular complexity index is 680. The van der Waals surface area contributed by atoms with E-state index in [1.165, 1.54) is 24.5 Å². The average molecular weight is 307 g/mol. The number of halogens is 2. The molecule has 1 heterocycles. The van der Waals surface area contributed by atoms with Crippen LogP contribution in [0.4, 0.5) is 5.69 Å². The number of nitriles is 1. The fraction of sp³-hybridized carbons (Fsp3) is 0. The lowest BCUT2D eigenvalue weighted by Gasteiger charge is -2.05. The van der Waals surface area contributed by atoms with Crippen LogP contribution in [-0.2, 0) is 4.79 Å². The number of rotatable bonds is 3. The molecule has 4 nitrogen and oxygen atoms in total. The zero-order valence-corrected chi connectivity index (χ0v) is 11.6. The molecule has 100 valence electrons. The second-order valence-electron chi connectivity index (χ2n) is 3.80. The minimum absolute atomic E-state index is 0.0870. The van der Waals surface area contributed by atoms with Gasteiger partial charge in [-0.3, -0.25) is 4.79 Å². The highest BCUT2D eigenvalue weighted by Crippen LogP contribution is 2.23. The van der Waals surface area contributed by atoms with Gasteiger partial charge in [-0.05, 0) is 30.3 Å². The van der Waals surface area contributed by atoms with Crippen molar-refractivity contribution in [3.63, 3.8) is 0 Å². The Kier molecular flexibility index (Phi) is 4.46. The first-order valence-electron chi connectivity index (χ1n) is 5.51. The van der Waals surface area contributed by atoms with Gasteiger partial charge in [-0.1, -0.05) is 23.2 Å². The van der Waals surface area contributed by atoms with Gasteiger partial charge in [0.1, 0.15) is 17.4 Å². The summed E-state index contributed by atoms with van der Waals surface area (Å²) >= 11 is 11.7. The molecule has 0 unspecified atom stereocenters. The Morgan fingerprint density at radius 3 is 2.55 bits per heavy atom. The Morgan fingerprint density at radius 1 is 1.30 bits per heavy atom. The van der Waals surface area contributed by atoms with E-state index in [4.69, 9.17) is 32.9 Å². The Morgan fingerprint density at radius 2 is 2.00 bits per heavy atom. The maximum Gasteiger partial charge on any atom is 0.266 e. The molecule has 0 aliphatic heterocycles. The third kappa shape index (κ3) is 3.64. The van der Waals surface area contributed by atoms with E-state index in [-0.39, 0.29) is 5.57 Å². The van der Waals surface area contributed by atoms with Crippen LogP contribution >= 0.6 is 23.2 Å². The van der Waals surface area contributed by atoms with Crippen molar-refractivity contribution in [2.45, 2.75) is 0 Å². The first-order valence-corrected chi connectivity index (χ1v) is 6.27. The predicted molar refractivity (Wildman–Crippen MR) is 77.4 cm³/mol. The molecule has 0 atom stereocenters. The first-order chi connectivity index (χ1) is 9.58. The Hall–Kier alpha value is -2.22. The summed E-state index contributed by atoms with van der Waals surface area (Å²) in [6.45, 7) is 0. The van der Waals surface area contributed by atoms with E-state index >= 15 is 0 Å². The largest absolute Gasteiger partial charge is 0.465 e. The minimum atomic E-state index is -0.567. The molecule has 1 N–H and O–H groups in total. The van der Waals surface area contributed by atoms with Gasteiger partial charge >= 0.3 is 0 Å². The summed E-state index contributed by atoms with van der Waals surface area (Å²) in [6, 6.07) is 9.73. The van der Waals surface area contributed by atoms with Crippen LogP contribution < -0.4 is 5.32 Å². The van der Waals surface area contributed by atoms with E-state index < -0.39 is 5.91 Å². The molecule has 1 aromatic heterocycles. The van der Waals surface area contributed by atoms with Crippen molar-refractivity contribution < 1.29 is 9.21 Å². The lowest BCUT2D eigenvalue weighted by molar-refractivity contribution is -0.112. The van der Waals surface area contributed by atoms with Crippen LogP contribution in [0.3, 0.4) is 0 Å². The van der Waals surface area contributed by atoms with Crippen LogP contribution in [0.25, 0.3) is 6.08 Å². The Labute approximate surface area is 125 Å². The molecule has 20 heavy (non-hydrogen) atoms. The molecule has 6 heteroatoms. The molecular formula is C14H8Cl2N2O2. The highest BCUT2D eigenvalue weighted by atomic mass is 35.5. The van der Waals surface area contributed by atoms with E-state index in [2.05, 4.69) is 5.32 Å². The molecule has 0 saturated heterocycles. The number of nitrogens with one attached hydrogen (secondary N) is 1. The fourth-order valence-electron chi connectivity index (χ4n) is 1.49. The van der Waals surface area contributed by atoms with E-state index in [1.54, 1.807) is 18.2 Å². The molecular weight excluding hydrogens is 299 g/mol. The quantitative estimate of drug-likeness (QED) is 0.685. The lowest BCUT2D eigenvalue weighted by Crippen LogP contribution is -2.13. The van der Waals surface area contributed by atoms with E-state index in [1.807, 2.05) is 6.07 Å². The lowest BCUT2D eigenvalue weighted by atomic mass is 10.2. The third-order valence-corrected chi connectivity index (χ3v) is 2.75. The summed E-state index contributed by atoms with van der Waals surface area (Å²) in [5, 5.41) is 12.3. The van der Waals surface area contributed by atoms with Crippen molar-refractivity contribution in [2.24, 2.45) is 0 Å². The van der Waals surface area contributed by atoms with E-state index in [9.17, 15) is 4.79 Å². The van der Waals surface area contributed by atoms with Gasteiger partial charge < -0.3 is 9.73 Å². The van der Waals surface area contributed by atoms with Crippen LogP contribution in [-0.4, -0.2) is 5.91 Å². The maximum absolute atomic E-state index is 12.0. The van der Waals surface area contributed by atoms with Crippen molar-refractivity contribution in [3.8, 4) is 6.07 Å². The molecule has 0 spiro atoms. The van der Waals surface area contributed by atoms with Gasteiger partial charge in [0, 0.05) is 21.8 Å². The van der Waals surface area contributed by atoms with Crippen molar-refractivity contribution in [1.29, 1.82) is 5.26 Å². The molecule has 0 radical (unpaired) electrons. The SMILES string of the molecule is N#C/C(=C\c1ccco1)C(=O)Nc1cc(Cl)cc(Cl)c1. The van der Waals surface area contributed by atoms with E-state index in [0.29, 0.717) is 21.5 Å². The summed E-state index contributed by atoms with van der Waals surface area (Å²) < 4.78 is 5.05. The summed E-state index contributed by atoms with van der Waals surface area (Å²) in [7, 11) is 0. The zero-order valence-electron chi connectivity index (χ0n) is 10.1. The van der Waals surface area contributed by atoms with Crippen LogP contribution in [0.5, 0.6) is 0 Å². The van der Waals surface area contributed by atoms with Crippen molar-refractivity contribution in [1.82, 2.24) is 0 Å². The smallest absolute Gasteiger partial charge is 0.266 e. The number of anilines is 1. The van der Waals surface area contributed by atoms with E-state index in [0.717, 1.165) is 0 Å². The number of amides is 1. The van der Waals surface area contributed by atoms with Crippen LogP contribution in [0.15, 0.2) is 46.6 Å². The topological polar surface area (TPSA) is 66.0 Å². The van der Waals surface area contributed by atoms with Gasteiger partial charge in [-0.25, -0.2) is 0 Å². The number of furan rings is 1. The summed E-state index contributed by atoms with van der Waals surface area (Å²) in [6.07, 6.45) is 2.80. The average Bonchev–Trinajstić information content (AvgIpc) is 2.87. The number of nitrogens with zero attached hydrogens (tertiary/aromatic N) is 1. The van der Waals surface area contributed by atoms with Gasteiger partial charge in [0.15, 0.2) is 0 Å². The van der Waals surface area contributed by atoms with Gasteiger partial charge in [0.05, 0.1) is 6.26 Å². The van der Waals surface area contributed by atoms with Crippen LogP contribution in [0.1, 0.15) is 5.76 Å². The maximum atomic E-state index is 12.0. The van der Waals surface area contributed by atoms with Gasteiger partial charge in [0.2, 0.25) is 0 Å². The fourth-order valence-corrected chi connectivity index (χ4v) is 2.01. The van der Waals surface area contributed by atoms with Gasteiger partial charge in [-0.15, -0.1) is 0 Å². The number of carbonyl (C=O) groups is 1. The highest BCUT2D eigenvalue weighted by molar-refractivity contribution is 6.35. The summed E-state index contributed by atoms with van der Waals surface area (Å²) in [5.74, 6) is -0.150. The standard InChI is InChI=1S/C14H8Cl2N2O2/c15-10-5-11(16)7-12(6-10)18-14(19)9(8-17)4-13-2-1-3-20-13/h1-7H,(H,18,19)/b9-4+. The molecule has 2 rings (SSSR count). The minimum Gasteiger partial charge on any atom is -0.465 e. The molecule has 0 fully saturated rings. The zero-order chi connectivity index (χ0) is 14.5. The third-order valence-electron chi connectivity index (χ3n) is 2.32. The highest BCUT2D eigenvalue weighted by Gasteiger charge is 2.11. The number of benzene rings is 1. The number of hydrogen-bond acceptors (Lipinski definition) is 3. The van der Waals surface area contributed by atoms with Gasteiger partial charge in [0.25, 0.3) is 5.91 Å². The van der Waals surface area contributed by atoms with Crippen molar-refractivity contribution >= 4 is 40.9 Å². The molecule has 0 saturated carbocycles. The number of carbonyl (C=O) groups excluding carboxylic acids is 1. The van der Waals surface area contributed by atoms with Crippen molar-refractivity contribution in [2.75, 3.05) is 5.32 Å². The second kappa shape index (κ2) is 6.29. The normalized spacial score (nSPS) is 10.9. The molecule has 2 aromatic rings. The molecule has 0 aliphatic rings. The Balaban J connectivity index is 2.20. The molecule has 1 amide bonds. The predicted octanol–water partition coefficient (Wildman–Crippen LogP) is 4.13. The monoisotopic (exact) mass is 306 g/mol. The molecule has 1 aromatic carbocycles. The molecule has 0 aliphatic carbocycles. The molecule has 0 bridgehead atoms. The van der Waals surface area contributed by atoms with Crippen LogP contribution in [0, 0.1) is 11.3 Å². The summed E-state index contributed by atoms with van der Waals surface area (Å²) in [5.41, 5.74) is 0.323. The summed E-state index contributed by atoms with van der Waals surface area (Å²) in [4.78, 5) is 12.0.